The van der Waals surface area contributed by atoms with Gasteiger partial charge in [0.15, 0.2) is 0 Å². The van der Waals surface area contributed by atoms with Crippen molar-refractivity contribution in [2.24, 2.45) is 0 Å². The van der Waals surface area contributed by atoms with Gasteiger partial charge in [0, 0.05) is 17.1 Å². The third-order valence-electron chi connectivity index (χ3n) is 2.74. The first-order valence-corrected chi connectivity index (χ1v) is 5.86. The summed E-state index contributed by atoms with van der Waals surface area (Å²) in [5.74, 6) is 0.564. The monoisotopic (exact) mass is 256 g/mol. The van der Waals surface area contributed by atoms with Gasteiger partial charge in [-0.3, -0.25) is 9.89 Å². The Bertz CT molecular complexity index is 729. The molecule has 2 heterocycles. The number of aromatic amines is 1. The maximum Gasteiger partial charge on any atom is 0.230 e. The average molecular weight is 256 g/mol. The molecule has 6 nitrogen and oxygen atoms in total. The Balaban J connectivity index is 1.71. The van der Waals surface area contributed by atoms with E-state index in [0.717, 1.165) is 16.6 Å². The van der Waals surface area contributed by atoms with Crippen molar-refractivity contribution in [3.63, 3.8) is 0 Å². The van der Waals surface area contributed by atoms with Crippen LogP contribution in [0.3, 0.4) is 0 Å². The third-order valence-corrected chi connectivity index (χ3v) is 2.74. The maximum absolute atomic E-state index is 11.8. The number of nitrogens with zero attached hydrogens (tertiary/aromatic N) is 2. The van der Waals surface area contributed by atoms with E-state index in [1.807, 2.05) is 18.2 Å². The Labute approximate surface area is 108 Å². The van der Waals surface area contributed by atoms with Crippen molar-refractivity contribution in [3.05, 3.63) is 41.9 Å². The van der Waals surface area contributed by atoms with Crippen LogP contribution in [-0.4, -0.2) is 21.3 Å². The van der Waals surface area contributed by atoms with Crippen LogP contribution in [-0.2, 0) is 11.2 Å². The average Bonchev–Trinajstić information content (AvgIpc) is 2.97. The zero-order chi connectivity index (χ0) is 13.2. The lowest BCUT2D eigenvalue weighted by atomic mass is 10.2. The lowest BCUT2D eigenvalue weighted by Crippen LogP contribution is -2.14. The molecule has 19 heavy (non-hydrogen) atoms. The number of anilines is 1. The molecule has 6 heteroatoms. The highest BCUT2D eigenvalue weighted by atomic mass is 16.5. The predicted octanol–water partition coefficient (Wildman–Crippen LogP) is 2.04. The number of H-pyrrole nitrogens is 1. The molecule has 96 valence electrons. The second-order valence-corrected chi connectivity index (χ2v) is 4.33. The zero-order valence-corrected chi connectivity index (χ0v) is 10.3. The Morgan fingerprint density at radius 2 is 2.32 bits per heavy atom. The van der Waals surface area contributed by atoms with Crippen LogP contribution in [0.4, 0.5) is 5.69 Å². The molecule has 1 amide bonds. The largest absolute Gasteiger partial charge is 0.361 e. The van der Waals surface area contributed by atoms with Crippen molar-refractivity contribution in [2.75, 3.05) is 5.32 Å². The first-order chi connectivity index (χ1) is 9.20. The summed E-state index contributed by atoms with van der Waals surface area (Å²) in [6.07, 6.45) is 1.93. The Morgan fingerprint density at radius 1 is 1.42 bits per heavy atom. The van der Waals surface area contributed by atoms with Crippen LogP contribution in [0, 0.1) is 6.92 Å². The topological polar surface area (TPSA) is 83.8 Å². The lowest BCUT2D eigenvalue weighted by Gasteiger charge is -2.03. The lowest BCUT2D eigenvalue weighted by molar-refractivity contribution is -0.115. The van der Waals surface area contributed by atoms with Gasteiger partial charge in [-0.2, -0.15) is 5.10 Å². The van der Waals surface area contributed by atoms with Crippen LogP contribution in [0.5, 0.6) is 0 Å². The highest BCUT2D eigenvalue weighted by molar-refractivity contribution is 5.94. The Kier molecular flexibility index (Phi) is 2.75. The molecule has 0 aliphatic carbocycles. The molecule has 2 N–H and O–H groups in total. The van der Waals surface area contributed by atoms with E-state index in [1.165, 1.54) is 0 Å². The Hall–Kier alpha value is -2.63. The van der Waals surface area contributed by atoms with E-state index >= 15 is 0 Å². The van der Waals surface area contributed by atoms with Crippen molar-refractivity contribution < 1.29 is 9.32 Å². The molecule has 0 saturated carbocycles. The van der Waals surface area contributed by atoms with Crippen LogP contribution in [0.25, 0.3) is 10.9 Å². The van der Waals surface area contributed by atoms with Crippen LogP contribution >= 0.6 is 0 Å². The van der Waals surface area contributed by atoms with Gasteiger partial charge in [-0.15, -0.1) is 0 Å². The third kappa shape index (κ3) is 2.47. The Morgan fingerprint density at radius 3 is 3.11 bits per heavy atom. The minimum absolute atomic E-state index is 0.132. The van der Waals surface area contributed by atoms with Gasteiger partial charge in [-0.25, -0.2) is 0 Å². The van der Waals surface area contributed by atoms with E-state index in [4.69, 9.17) is 4.52 Å². The SMILES string of the molecule is Cc1cc(CC(=O)Nc2ccc3cn[nH]c3c2)no1. The van der Waals surface area contributed by atoms with Crippen molar-refractivity contribution in [1.29, 1.82) is 0 Å². The molecule has 3 aromatic rings. The van der Waals surface area contributed by atoms with Crippen molar-refractivity contribution >= 4 is 22.5 Å². The van der Waals surface area contributed by atoms with E-state index in [0.29, 0.717) is 11.5 Å². The second kappa shape index (κ2) is 4.56. The number of carbonyl (C=O) groups excluding carboxylic acids is 1. The number of nitrogens with one attached hydrogen (secondary N) is 2. The highest BCUT2D eigenvalue weighted by Crippen LogP contribution is 2.16. The fourth-order valence-corrected chi connectivity index (χ4v) is 1.89. The number of aryl methyl sites for hydroxylation is 1. The smallest absolute Gasteiger partial charge is 0.230 e. The fourth-order valence-electron chi connectivity index (χ4n) is 1.89. The number of hydrogen-bond acceptors (Lipinski definition) is 4. The van der Waals surface area contributed by atoms with Gasteiger partial charge < -0.3 is 9.84 Å². The first-order valence-electron chi connectivity index (χ1n) is 5.86. The van der Waals surface area contributed by atoms with Gasteiger partial charge in [-0.1, -0.05) is 5.16 Å². The number of carbonyl (C=O) groups is 1. The van der Waals surface area contributed by atoms with E-state index in [-0.39, 0.29) is 12.3 Å². The molecule has 3 rings (SSSR count). The quantitative estimate of drug-likeness (QED) is 0.751. The van der Waals surface area contributed by atoms with Crippen molar-refractivity contribution in [1.82, 2.24) is 15.4 Å². The molecule has 1 aromatic carbocycles. The van der Waals surface area contributed by atoms with Gasteiger partial charge in [0.05, 0.1) is 23.8 Å². The summed E-state index contributed by atoms with van der Waals surface area (Å²) in [5.41, 5.74) is 2.23. The van der Waals surface area contributed by atoms with Gasteiger partial charge in [-0.05, 0) is 25.1 Å². The number of benzene rings is 1. The molecule has 0 aliphatic rings. The molecule has 0 atom stereocenters. The molecule has 0 radical (unpaired) electrons. The summed E-state index contributed by atoms with van der Waals surface area (Å²) in [4.78, 5) is 11.8. The molecule has 0 unspecified atom stereocenters. The van der Waals surface area contributed by atoms with Crippen molar-refractivity contribution in [2.45, 2.75) is 13.3 Å². The maximum atomic E-state index is 11.8. The minimum Gasteiger partial charge on any atom is -0.361 e. The van der Waals surface area contributed by atoms with Gasteiger partial charge in [0.2, 0.25) is 5.91 Å². The summed E-state index contributed by atoms with van der Waals surface area (Å²) in [6.45, 7) is 1.79. The van der Waals surface area contributed by atoms with Gasteiger partial charge in [0.25, 0.3) is 0 Å². The van der Waals surface area contributed by atoms with E-state index in [2.05, 4.69) is 20.7 Å². The summed E-state index contributed by atoms with van der Waals surface area (Å²) >= 11 is 0. The van der Waals surface area contributed by atoms with Crippen LogP contribution in [0.1, 0.15) is 11.5 Å². The van der Waals surface area contributed by atoms with Crippen molar-refractivity contribution in [3.8, 4) is 0 Å². The molecule has 0 bridgehead atoms. The summed E-state index contributed by atoms with van der Waals surface area (Å²) in [6, 6.07) is 7.32. The van der Waals surface area contributed by atoms with Gasteiger partial charge in [0.1, 0.15) is 5.76 Å². The number of amides is 1. The first kappa shape index (κ1) is 11.5. The van der Waals surface area contributed by atoms with Crippen LogP contribution < -0.4 is 5.32 Å². The molecule has 2 aromatic heterocycles. The van der Waals surface area contributed by atoms with Crippen LogP contribution in [0.15, 0.2) is 35.0 Å². The predicted molar refractivity (Wildman–Crippen MR) is 69.7 cm³/mol. The van der Waals surface area contributed by atoms with E-state index in [9.17, 15) is 4.79 Å². The standard InChI is InChI=1S/C13H12N4O2/c1-8-4-11(17-19-8)6-13(18)15-10-3-2-9-7-14-16-12(9)5-10/h2-5,7H,6H2,1H3,(H,14,16)(H,15,18). The molecule has 0 saturated heterocycles. The number of hydrogen-bond donors (Lipinski definition) is 2. The van der Waals surface area contributed by atoms with Gasteiger partial charge >= 0.3 is 0 Å². The van der Waals surface area contributed by atoms with E-state index in [1.54, 1.807) is 19.2 Å². The summed E-state index contributed by atoms with van der Waals surface area (Å²) in [5, 5.41) is 14.4. The number of aromatic nitrogens is 3. The molecule has 0 aliphatic heterocycles. The van der Waals surface area contributed by atoms with E-state index < -0.39 is 0 Å². The number of rotatable bonds is 3. The molecule has 0 fully saturated rings. The summed E-state index contributed by atoms with van der Waals surface area (Å²) in [7, 11) is 0. The number of fused-ring (bicyclic) bond motifs is 1. The van der Waals surface area contributed by atoms with Crippen LogP contribution in [0.2, 0.25) is 0 Å². The minimum atomic E-state index is -0.132. The summed E-state index contributed by atoms with van der Waals surface area (Å²) < 4.78 is 4.92. The molecule has 0 spiro atoms. The molecular formula is C13H12N4O2. The fraction of sp³-hybridized carbons (Fsp3) is 0.154. The normalized spacial score (nSPS) is 10.8. The second-order valence-electron chi connectivity index (χ2n) is 4.33. The molecular weight excluding hydrogens is 244 g/mol. The highest BCUT2D eigenvalue weighted by Gasteiger charge is 2.08. The zero-order valence-electron chi connectivity index (χ0n) is 10.3.